The minimum absolute atomic E-state index is 0.694. The predicted octanol–water partition coefficient (Wildman–Crippen LogP) is 2.64. The average Bonchev–Trinajstić information content (AvgIpc) is 2.78. The van der Waals surface area contributed by atoms with Gasteiger partial charge in [0.05, 0.1) is 0 Å². The minimum atomic E-state index is 0.694. The number of rotatable bonds is 7. The van der Waals surface area contributed by atoms with Crippen molar-refractivity contribution in [2.24, 2.45) is 0 Å². The van der Waals surface area contributed by atoms with Crippen molar-refractivity contribution in [3.05, 3.63) is 66.6 Å². The molecule has 1 aliphatic rings. The molecule has 0 radical (unpaired) electrons. The Bertz CT molecular complexity index is 849. The molecule has 4 rings (SSSR count). The van der Waals surface area contributed by atoms with Gasteiger partial charge in [-0.1, -0.05) is 30.3 Å². The molecule has 0 atom stereocenters. The van der Waals surface area contributed by atoms with E-state index in [1.165, 1.54) is 5.56 Å². The molecule has 1 saturated heterocycles. The number of piperazine rings is 1. The summed E-state index contributed by atoms with van der Waals surface area (Å²) in [5.74, 6) is 2.46. The quantitative estimate of drug-likeness (QED) is 0.637. The molecular weight excluding hydrogens is 350 g/mol. The number of hydrogen-bond donors (Lipinski definition) is 1. The number of benzene rings is 1. The van der Waals surface area contributed by atoms with E-state index in [0.29, 0.717) is 5.95 Å². The first-order chi connectivity index (χ1) is 13.9. The third-order valence-corrected chi connectivity index (χ3v) is 4.85. The maximum absolute atomic E-state index is 4.69. The first kappa shape index (κ1) is 18.2. The molecule has 0 bridgehead atoms. The van der Waals surface area contributed by atoms with Crippen molar-refractivity contribution in [2.75, 3.05) is 47.8 Å². The van der Waals surface area contributed by atoms with Gasteiger partial charge in [-0.2, -0.15) is 4.98 Å². The van der Waals surface area contributed by atoms with Crippen LogP contribution < -0.4 is 15.1 Å². The molecule has 1 aromatic carbocycles. The highest BCUT2D eigenvalue weighted by molar-refractivity contribution is 5.45. The van der Waals surface area contributed by atoms with Gasteiger partial charge in [0.2, 0.25) is 11.9 Å². The molecule has 0 saturated carbocycles. The third kappa shape index (κ3) is 4.73. The third-order valence-electron chi connectivity index (χ3n) is 4.85. The first-order valence-corrected chi connectivity index (χ1v) is 9.76. The van der Waals surface area contributed by atoms with Crippen LogP contribution in [0.2, 0.25) is 0 Å². The molecule has 28 heavy (non-hydrogen) atoms. The van der Waals surface area contributed by atoms with E-state index in [0.717, 1.165) is 57.3 Å². The highest BCUT2D eigenvalue weighted by atomic mass is 15.3. The fraction of sp³-hybridized carbons (Fsp3) is 0.333. The fourth-order valence-electron chi connectivity index (χ4n) is 3.34. The Hall–Kier alpha value is -3.22. The van der Waals surface area contributed by atoms with Crippen molar-refractivity contribution < 1.29 is 0 Å². The van der Waals surface area contributed by atoms with Crippen molar-refractivity contribution in [3.8, 4) is 0 Å². The number of hydrogen-bond acceptors (Lipinski definition) is 7. The van der Waals surface area contributed by atoms with Gasteiger partial charge in [0, 0.05) is 51.3 Å². The minimum Gasteiger partial charge on any atom is -0.354 e. The average molecular weight is 375 g/mol. The van der Waals surface area contributed by atoms with Crippen LogP contribution >= 0.6 is 0 Å². The Morgan fingerprint density at radius 2 is 1.54 bits per heavy atom. The highest BCUT2D eigenvalue weighted by Gasteiger charge is 2.20. The van der Waals surface area contributed by atoms with E-state index >= 15 is 0 Å². The van der Waals surface area contributed by atoms with Crippen molar-refractivity contribution in [3.63, 3.8) is 0 Å². The van der Waals surface area contributed by atoms with Crippen molar-refractivity contribution >= 4 is 17.7 Å². The molecule has 1 N–H and O–H groups in total. The standard InChI is InChI=1S/C21H25N7/c1-2-6-18(7-3-1)8-4-10-22-20-23-13-9-19(26-20)27-14-16-28(17-15-27)21-24-11-5-12-25-21/h1-3,5-7,9,11-13H,4,8,10,14-17H2,(H,22,23,26). The molecule has 0 aliphatic carbocycles. The molecular formula is C21H25N7. The molecule has 0 unspecified atom stereocenters. The monoisotopic (exact) mass is 375 g/mol. The van der Waals surface area contributed by atoms with E-state index in [-0.39, 0.29) is 0 Å². The number of nitrogens with one attached hydrogen (secondary N) is 1. The Morgan fingerprint density at radius 1 is 0.786 bits per heavy atom. The lowest BCUT2D eigenvalue weighted by atomic mass is 10.1. The zero-order valence-electron chi connectivity index (χ0n) is 15.9. The Labute approximate surface area is 165 Å². The highest BCUT2D eigenvalue weighted by Crippen LogP contribution is 2.17. The molecule has 0 spiro atoms. The van der Waals surface area contributed by atoms with Gasteiger partial charge >= 0.3 is 0 Å². The maximum atomic E-state index is 4.69. The second-order valence-corrected chi connectivity index (χ2v) is 6.78. The smallest absolute Gasteiger partial charge is 0.225 e. The van der Waals surface area contributed by atoms with Gasteiger partial charge in [-0.25, -0.2) is 15.0 Å². The van der Waals surface area contributed by atoms with E-state index in [1.54, 1.807) is 12.4 Å². The molecule has 3 aromatic rings. The van der Waals surface area contributed by atoms with E-state index in [9.17, 15) is 0 Å². The molecule has 2 aromatic heterocycles. The maximum Gasteiger partial charge on any atom is 0.225 e. The summed E-state index contributed by atoms with van der Waals surface area (Å²) in [5.41, 5.74) is 1.36. The lowest BCUT2D eigenvalue weighted by Gasteiger charge is -2.35. The van der Waals surface area contributed by atoms with Crippen LogP contribution in [-0.2, 0) is 6.42 Å². The lowest BCUT2D eigenvalue weighted by molar-refractivity contribution is 0.634. The normalized spacial score (nSPS) is 14.1. The summed E-state index contributed by atoms with van der Waals surface area (Å²) in [6.45, 7) is 4.41. The van der Waals surface area contributed by atoms with Crippen LogP contribution in [0.4, 0.5) is 17.7 Å². The summed E-state index contributed by atoms with van der Waals surface area (Å²) in [4.78, 5) is 22.2. The van der Waals surface area contributed by atoms with Crippen LogP contribution in [-0.4, -0.2) is 52.7 Å². The second-order valence-electron chi connectivity index (χ2n) is 6.78. The summed E-state index contributed by atoms with van der Waals surface area (Å²) >= 11 is 0. The van der Waals surface area contributed by atoms with Crippen LogP contribution in [0.5, 0.6) is 0 Å². The van der Waals surface area contributed by atoms with Gasteiger partial charge in [0.25, 0.3) is 0 Å². The molecule has 7 heteroatoms. The van der Waals surface area contributed by atoms with Crippen molar-refractivity contribution in [2.45, 2.75) is 12.8 Å². The Kier molecular flexibility index (Phi) is 5.92. The molecule has 3 heterocycles. The van der Waals surface area contributed by atoms with Gasteiger partial charge in [-0.15, -0.1) is 0 Å². The largest absolute Gasteiger partial charge is 0.354 e. The summed E-state index contributed by atoms with van der Waals surface area (Å²) < 4.78 is 0. The van der Waals surface area contributed by atoms with E-state index in [4.69, 9.17) is 4.98 Å². The molecule has 1 fully saturated rings. The zero-order valence-corrected chi connectivity index (χ0v) is 15.9. The van der Waals surface area contributed by atoms with Gasteiger partial charge in [-0.05, 0) is 30.5 Å². The molecule has 1 aliphatic heterocycles. The molecule has 144 valence electrons. The molecule has 0 amide bonds. The molecule has 7 nitrogen and oxygen atoms in total. The fourth-order valence-corrected chi connectivity index (χ4v) is 3.34. The Balaban J connectivity index is 1.27. The van der Waals surface area contributed by atoms with Crippen molar-refractivity contribution in [1.29, 1.82) is 0 Å². The zero-order chi connectivity index (χ0) is 19.0. The number of aryl methyl sites for hydroxylation is 1. The SMILES string of the molecule is c1ccc(CCCNc2nccc(N3CCN(c4ncccn4)CC3)n2)cc1. The summed E-state index contributed by atoms with van der Waals surface area (Å²) in [6.07, 6.45) is 7.50. The van der Waals surface area contributed by atoms with E-state index < -0.39 is 0 Å². The summed E-state index contributed by atoms with van der Waals surface area (Å²) in [7, 11) is 0. The summed E-state index contributed by atoms with van der Waals surface area (Å²) in [6, 6.07) is 14.4. The van der Waals surface area contributed by atoms with Crippen LogP contribution in [0.25, 0.3) is 0 Å². The van der Waals surface area contributed by atoms with Gasteiger partial charge in [0.1, 0.15) is 5.82 Å². The van der Waals surface area contributed by atoms with Gasteiger partial charge in [0.15, 0.2) is 0 Å². The van der Waals surface area contributed by atoms with Crippen LogP contribution in [0, 0.1) is 0 Å². The van der Waals surface area contributed by atoms with Crippen LogP contribution in [0.1, 0.15) is 12.0 Å². The van der Waals surface area contributed by atoms with Gasteiger partial charge < -0.3 is 15.1 Å². The Morgan fingerprint density at radius 3 is 2.32 bits per heavy atom. The van der Waals surface area contributed by atoms with E-state index in [1.807, 2.05) is 24.4 Å². The lowest BCUT2D eigenvalue weighted by Crippen LogP contribution is -2.47. The second kappa shape index (κ2) is 9.12. The number of anilines is 3. The first-order valence-electron chi connectivity index (χ1n) is 9.76. The van der Waals surface area contributed by atoms with Crippen LogP contribution in [0.15, 0.2) is 61.1 Å². The topological polar surface area (TPSA) is 70.1 Å². The van der Waals surface area contributed by atoms with Crippen molar-refractivity contribution in [1.82, 2.24) is 19.9 Å². The predicted molar refractivity (Wildman–Crippen MR) is 112 cm³/mol. The summed E-state index contributed by atoms with van der Waals surface area (Å²) in [5, 5.41) is 3.35. The number of aromatic nitrogens is 4. The van der Waals surface area contributed by atoms with Gasteiger partial charge in [-0.3, -0.25) is 0 Å². The van der Waals surface area contributed by atoms with E-state index in [2.05, 4.69) is 54.3 Å². The van der Waals surface area contributed by atoms with Crippen LogP contribution in [0.3, 0.4) is 0 Å². The number of nitrogens with zero attached hydrogens (tertiary/aromatic N) is 6.